The predicted molar refractivity (Wildman–Crippen MR) is 133 cm³/mol. The molecule has 2 amide bonds. The van der Waals surface area contributed by atoms with Crippen LogP contribution in [0.15, 0.2) is 34.0 Å². The van der Waals surface area contributed by atoms with Gasteiger partial charge >= 0.3 is 11.9 Å². The molecule has 194 valence electrons. The molecule has 1 aromatic heterocycles. The van der Waals surface area contributed by atoms with E-state index in [2.05, 4.69) is 15.5 Å². The van der Waals surface area contributed by atoms with Gasteiger partial charge in [0.15, 0.2) is 10.8 Å². The Morgan fingerprint density at radius 3 is 2.75 bits per heavy atom. The van der Waals surface area contributed by atoms with Gasteiger partial charge in [0.05, 0.1) is 0 Å². The molecule has 1 saturated heterocycles. The van der Waals surface area contributed by atoms with Crippen LogP contribution in [0.1, 0.15) is 39.3 Å². The number of allylic oxidation sites excluding steroid dienone is 2. The van der Waals surface area contributed by atoms with Gasteiger partial charge in [-0.2, -0.15) is 0 Å². The molecule has 0 aromatic carbocycles. The molecular formula is C22H27N5O7S2. The van der Waals surface area contributed by atoms with E-state index < -0.39 is 41.5 Å². The van der Waals surface area contributed by atoms with Gasteiger partial charge in [-0.15, -0.1) is 23.1 Å². The first-order chi connectivity index (χ1) is 17.2. The Bertz CT molecular complexity index is 1130. The lowest BCUT2D eigenvalue weighted by atomic mass is 10.0. The number of anilines is 1. The zero-order chi connectivity index (χ0) is 26.4. The van der Waals surface area contributed by atoms with Crippen molar-refractivity contribution in [1.29, 1.82) is 0 Å². The summed E-state index contributed by atoms with van der Waals surface area (Å²) in [5.74, 6) is -2.19. The largest absolute Gasteiger partial charge is 0.426 e. The summed E-state index contributed by atoms with van der Waals surface area (Å²) in [4.78, 5) is 60.4. The maximum atomic E-state index is 13.1. The quantitative estimate of drug-likeness (QED) is 0.147. The van der Waals surface area contributed by atoms with Gasteiger partial charge in [0.1, 0.15) is 29.9 Å². The number of carbonyl (C=O) groups excluding carboxylic acids is 4. The number of hydrogen-bond acceptors (Lipinski definition) is 12. The summed E-state index contributed by atoms with van der Waals surface area (Å²) in [6, 6.07) is -0.921. The van der Waals surface area contributed by atoms with Gasteiger partial charge in [0, 0.05) is 25.0 Å². The molecule has 0 aliphatic carbocycles. The summed E-state index contributed by atoms with van der Waals surface area (Å²) in [7, 11) is 1.28. The fourth-order valence-electron chi connectivity index (χ4n) is 3.52. The maximum Gasteiger partial charge on any atom is 0.358 e. The molecule has 0 spiro atoms. The van der Waals surface area contributed by atoms with E-state index in [1.807, 2.05) is 13.0 Å². The smallest absolute Gasteiger partial charge is 0.358 e. The maximum absolute atomic E-state index is 13.1. The van der Waals surface area contributed by atoms with Gasteiger partial charge in [-0.3, -0.25) is 19.3 Å². The first kappa shape index (κ1) is 27.2. The highest BCUT2D eigenvalue weighted by Crippen LogP contribution is 2.41. The monoisotopic (exact) mass is 537 g/mol. The average Bonchev–Trinajstić information content (AvgIpc) is 3.25. The van der Waals surface area contributed by atoms with Crippen LogP contribution in [-0.4, -0.2) is 69.9 Å². The number of thioether (sulfide) groups is 1. The number of thiazole rings is 1. The molecule has 3 heterocycles. The number of oxime groups is 1. The molecule has 2 aliphatic heterocycles. The Hall–Kier alpha value is -3.39. The SMILES string of the molecule is CCCC=CC1=C(C(=O)OC(C)OC(C)=O)N2C(=O)C(NC(=O)C(=NOC)c3csc(N)n3)[C@@H]2SC1. The number of nitrogen functional groups attached to an aromatic ring is 1. The van der Waals surface area contributed by atoms with Crippen molar-refractivity contribution in [2.75, 3.05) is 18.6 Å². The lowest BCUT2D eigenvalue weighted by Crippen LogP contribution is -2.71. The first-order valence-corrected chi connectivity index (χ1v) is 13.0. The molecular weight excluding hydrogens is 510 g/mol. The van der Waals surface area contributed by atoms with Gasteiger partial charge in [0.2, 0.25) is 6.29 Å². The number of β-lactam (4-membered cyclic amide) rings is 1. The summed E-state index contributed by atoms with van der Waals surface area (Å²) >= 11 is 2.52. The highest BCUT2D eigenvalue weighted by atomic mass is 32.2. The molecule has 3 atom stereocenters. The second-order valence-electron chi connectivity index (χ2n) is 7.70. The van der Waals surface area contributed by atoms with Gasteiger partial charge in [-0.1, -0.05) is 30.7 Å². The van der Waals surface area contributed by atoms with Crippen LogP contribution < -0.4 is 11.1 Å². The molecule has 1 fully saturated rings. The number of nitrogens with one attached hydrogen (secondary N) is 1. The molecule has 0 radical (unpaired) electrons. The van der Waals surface area contributed by atoms with Gasteiger partial charge in [-0.05, 0) is 12.0 Å². The molecule has 0 bridgehead atoms. The normalized spacial score (nSPS) is 20.5. The number of esters is 2. The number of hydrogen-bond donors (Lipinski definition) is 2. The minimum absolute atomic E-state index is 0.0543. The second-order valence-corrected chi connectivity index (χ2v) is 9.70. The van der Waals surface area contributed by atoms with E-state index in [0.29, 0.717) is 11.3 Å². The predicted octanol–water partition coefficient (Wildman–Crippen LogP) is 1.54. The van der Waals surface area contributed by atoms with Crippen molar-refractivity contribution in [2.24, 2.45) is 5.16 Å². The van der Waals surface area contributed by atoms with Gasteiger partial charge in [0.25, 0.3) is 11.8 Å². The Labute approximate surface area is 215 Å². The molecule has 36 heavy (non-hydrogen) atoms. The highest BCUT2D eigenvalue weighted by molar-refractivity contribution is 8.00. The molecule has 3 rings (SSSR count). The van der Waals surface area contributed by atoms with Crippen LogP contribution in [-0.2, 0) is 33.5 Å². The average molecular weight is 538 g/mol. The van der Waals surface area contributed by atoms with Crippen molar-refractivity contribution >= 4 is 57.7 Å². The lowest BCUT2D eigenvalue weighted by Gasteiger charge is -2.49. The molecule has 14 heteroatoms. The van der Waals surface area contributed by atoms with E-state index in [9.17, 15) is 19.2 Å². The molecule has 2 aliphatic rings. The van der Waals surface area contributed by atoms with Crippen LogP contribution in [0.25, 0.3) is 0 Å². The third-order valence-electron chi connectivity index (χ3n) is 5.02. The molecule has 0 saturated carbocycles. The number of aromatic nitrogens is 1. The van der Waals surface area contributed by atoms with Crippen molar-refractivity contribution in [1.82, 2.24) is 15.2 Å². The topological polar surface area (TPSA) is 163 Å². The summed E-state index contributed by atoms with van der Waals surface area (Å²) in [6.07, 6.45) is 4.26. The molecule has 3 N–H and O–H groups in total. The van der Waals surface area contributed by atoms with Crippen LogP contribution in [0.4, 0.5) is 5.13 Å². The standard InChI is InChI=1S/C22H27N5O7S2/c1-5-6-7-8-13-9-35-20-16(25-18(29)15(26-32-4)14-10-36-22(23)24-14)19(30)27(20)17(13)21(31)34-12(3)33-11(2)28/h7-8,10,12,16,20H,5-6,9H2,1-4H3,(H2,23,24)(H,25,29)/t12?,16?,20-/m0/s1. The van der Waals surface area contributed by atoms with Crippen LogP contribution in [0.2, 0.25) is 0 Å². The van der Waals surface area contributed by atoms with Crippen LogP contribution in [0, 0.1) is 0 Å². The van der Waals surface area contributed by atoms with E-state index in [4.69, 9.17) is 20.0 Å². The number of nitrogens with two attached hydrogens (primary N) is 1. The Kier molecular flexibility index (Phi) is 9.09. The number of amides is 2. The first-order valence-electron chi connectivity index (χ1n) is 11.0. The Morgan fingerprint density at radius 1 is 1.39 bits per heavy atom. The van der Waals surface area contributed by atoms with Crippen LogP contribution >= 0.6 is 23.1 Å². The number of carbonyl (C=O) groups is 4. The fourth-order valence-corrected chi connectivity index (χ4v) is 5.38. The van der Waals surface area contributed by atoms with Crippen molar-refractivity contribution in [3.8, 4) is 0 Å². The van der Waals surface area contributed by atoms with Crippen LogP contribution in [0.5, 0.6) is 0 Å². The van der Waals surface area contributed by atoms with Crippen molar-refractivity contribution in [3.63, 3.8) is 0 Å². The minimum atomic E-state index is -1.14. The van der Waals surface area contributed by atoms with E-state index >= 15 is 0 Å². The highest BCUT2D eigenvalue weighted by Gasteiger charge is 2.54. The number of unbranched alkanes of at least 4 members (excludes halogenated alkanes) is 1. The number of rotatable bonds is 10. The minimum Gasteiger partial charge on any atom is -0.426 e. The number of nitrogens with zero attached hydrogens (tertiary/aromatic N) is 3. The van der Waals surface area contributed by atoms with Gasteiger partial charge < -0.3 is 25.4 Å². The number of ether oxygens (including phenoxy) is 2. The Morgan fingerprint density at radius 2 is 2.14 bits per heavy atom. The third-order valence-corrected chi connectivity index (χ3v) is 7.00. The summed E-state index contributed by atoms with van der Waals surface area (Å²) < 4.78 is 10.2. The molecule has 2 unspecified atom stereocenters. The Balaban J connectivity index is 1.82. The fraction of sp³-hybridized carbons (Fsp3) is 0.455. The summed E-state index contributed by atoms with van der Waals surface area (Å²) in [5, 5.41) is 7.62. The van der Waals surface area contributed by atoms with E-state index in [-0.39, 0.29) is 22.2 Å². The van der Waals surface area contributed by atoms with E-state index in [1.165, 1.54) is 37.6 Å². The number of fused-ring (bicyclic) bond motifs is 1. The van der Waals surface area contributed by atoms with Crippen molar-refractivity contribution < 1.29 is 33.5 Å². The van der Waals surface area contributed by atoms with E-state index in [1.54, 1.807) is 11.5 Å². The van der Waals surface area contributed by atoms with Crippen LogP contribution in [0.3, 0.4) is 0 Å². The molecule has 12 nitrogen and oxygen atoms in total. The third kappa shape index (κ3) is 6.05. The second kappa shape index (κ2) is 12.0. The lowest BCUT2D eigenvalue weighted by molar-refractivity contribution is -0.182. The summed E-state index contributed by atoms with van der Waals surface area (Å²) in [5.41, 5.74) is 6.39. The zero-order valence-electron chi connectivity index (χ0n) is 20.2. The van der Waals surface area contributed by atoms with Crippen molar-refractivity contribution in [2.45, 2.75) is 51.3 Å². The zero-order valence-corrected chi connectivity index (χ0v) is 21.8. The van der Waals surface area contributed by atoms with Gasteiger partial charge in [-0.25, -0.2) is 9.78 Å². The van der Waals surface area contributed by atoms with Crippen molar-refractivity contribution in [3.05, 3.63) is 34.5 Å². The summed E-state index contributed by atoms with van der Waals surface area (Å²) in [6.45, 7) is 4.63. The van der Waals surface area contributed by atoms with E-state index in [0.717, 1.165) is 24.2 Å². The molecule has 1 aromatic rings.